The average molecular weight is 719 g/mol. The molecule has 0 N–H and O–H groups in total. The van der Waals surface area contributed by atoms with Gasteiger partial charge in [0.1, 0.15) is 17.4 Å². The van der Waals surface area contributed by atoms with E-state index in [1.54, 1.807) is 0 Å². The maximum absolute atomic E-state index is 10.1. The third-order valence-corrected chi connectivity index (χ3v) is 10.9. The Balaban J connectivity index is 0.994. The molecule has 0 bridgehead atoms. The molecule has 0 saturated heterocycles. The monoisotopic (exact) mass is 718 g/mol. The molecule has 6 nitrogen and oxygen atoms in total. The topological polar surface area (TPSA) is 79.8 Å². The van der Waals surface area contributed by atoms with Crippen molar-refractivity contribution in [2.45, 2.75) is 19.3 Å². The number of benzene rings is 6. The number of hydrogen-bond donors (Lipinski definition) is 0. The zero-order valence-electron chi connectivity index (χ0n) is 30.8. The van der Waals surface area contributed by atoms with Crippen molar-refractivity contribution in [2.75, 3.05) is 0 Å². The van der Waals surface area contributed by atoms with Crippen LogP contribution in [0, 0.1) is 11.3 Å². The van der Waals surface area contributed by atoms with Gasteiger partial charge in [-0.15, -0.1) is 0 Å². The second-order valence-electron chi connectivity index (χ2n) is 14.7. The SMILES string of the molecule is CC1(C)c2cc(-c3cccc(-c4cccc(-c5nc(-c6ccccc6)nc(-c6ccccc6)n5)c4)c3)ccc2-c2ccc(-c3nc4ccccn4c3C#N)cc21. The van der Waals surface area contributed by atoms with E-state index in [1.807, 2.05) is 89.5 Å². The molecular weight excluding hydrogens is 685 g/mol. The highest BCUT2D eigenvalue weighted by Gasteiger charge is 2.36. The number of hydrogen-bond acceptors (Lipinski definition) is 5. The maximum Gasteiger partial charge on any atom is 0.164 e. The van der Waals surface area contributed by atoms with E-state index >= 15 is 0 Å². The first-order chi connectivity index (χ1) is 27.4. The second-order valence-corrected chi connectivity index (χ2v) is 14.7. The summed E-state index contributed by atoms with van der Waals surface area (Å²) in [6.45, 7) is 4.57. The molecule has 0 atom stereocenters. The van der Waals surface area contributed by atoms with Crippen LogP contribution < -0.4 is 0 Å². The molecule has 3 heterocycles. The van der Waals surface area contributed by atoms with E-state index in [9.17, 15) is 5.26 Å². The summed E-state index contributed by atoms with van der Waals surface area (Å²) < 4.78 is 1.86. The molecule has 3 aromatic heterocycles. The third-order valence-electron chi connectivity index (χ3n) is 10.9. The van der Waals surface area contributed by atoms with Crippen LogP contribution in [-0.2, 0) is 5.41 Å². The lowest BCUT2D eigenvalue weighted by Gasteiger charge is -2.22. The third kappa shape index (κ3) is 5.57. The van der Waals surface area contributed by atoms with E-state index in [-0.39, 0.29) is 5.41 Å². The molecule has 1 aliphatic carbocycles. The van der Waals surface area contributed by atoms with Gasteiger partial charge in [0.25, 0.3) is 0 Å². The summed E-state index contributed by atoms with van der Waals surface area (Å²) in [7, 11) is 0. The fourth-order valence-electron chi connectivity index (χ4n) is 8.02. The van der Waals surface area contributed by atoms with Gasteiger partial charge in [0.2, 0.25) is 0 Å². The van der Waals surface area contributed by atoms with Gasteiger partial charge in [-0.2, -0.15) is 5.26 Å². The van der Waals surface area contributed by atoms with Crippen molar-refractivity contribution >= 4 is 5.65 Å². The molecule has 56 heavy (non-hydrogen) atoms. The van der Waals surface area contributed by atoms with Crippen LogP contribution in [0.25, 0.3) is 84.4 Å². The van der Waals surface area contributed by atoms with Gasteiger partial charge in [0.05, 0.1) is 0 Å². The molecule has 0 aliphatic heterocycles. The van der Waals surface area contributed by atoms with E-state index in [1.165, 1.54) is 22.3 Å². The average Bonchev–Trinajstić information content (AvgIpc) is 3.75. The number of rotatable bonds is 6. The van der Waals surface area contributed by atoms with Crippen molar-refractivity contribution in [1.29, 1.82) is 5.26 Å². The lowest BCUT2D eigenvalue weighted by Crippen LogP contribution is -2.15. The highest BCUT2D eigenvalue weighted by Crippen LogP contribution is 2.51. The molecule has 1 aliphatic rings. The Morgan fingerprint density at radius 3 is 1.50 bits per heavy atom. The van der Waals surface area contributed by atoms with Crippen molar-refractivity contribution in [3.05, 3.63) is 187 Å². The molecule has 6 heteroatoms. The summed E-state index contributed by atoms with van der Waals surface area (Å²) in [5, 5.41) is 10.1. The Morgan fingerprint density at radius 1 is 0.446 bits per heavy atom. The standard InChI is InChI=1S/C50H34N6/c1-50(2)42-29-37(22-24-40(42)41-25-23-38(30-43(41)50)46-44(31-51)56-26-10-9-21-45(56)52-46)35-18-11-17-34(27-35)36-19-12-20-39(28-36)49-54-47(32-13-5-3-6-14-32)53-48(55-49)33-15-7-4-8-16-33/h3-30H,1-2H3. The van der Waals surface area contributed by atoms with Crippen molar-refractivity contribution in [2.24, 2.45) is 0 Å². The zero-order chi connectivity index (χ0) is 37.8. The van der Waals surface area contributed by atoms with Gasteiger partial charge in [0.15, 0.2) is 23.2 Å². The number of nitriles is 1. The summed E-state index contributed by atoms with van der Waals surface area (Å²) in [5.74, 6) is 1.91. The number of pyridine rings is 1. The molecule has 0 amide bonds. The summed E-state index contributed by atoms with van der Waals surface area (Å²) >= 11 is 0. The number of aromatic nitrogens is 5. The van der Waals surface area contributed by atoms with E-state index in [0.717, 1.165) is 50.2 Å². The molecule has 0 spiro atoms. The number of imidazole rings is 1. The van der Waals surface area contributed by atoms with E-state index < -0.39 is 0 Å². The summed E-state index contributed by atoms with van der Waals surface area (Å²) in [6, 6.07) is 58.8. The van der Waals surface area contributed by atoms with E-state index in [4.69, 9.17) is 19.9 Å². The van der Waals surface area contributed by atoms with E-state index in [0.29, 0.717) is 28.9 Å². The molecular formula is C50H34N6. The minimum absolute atomic E-state index is 0.254. The Kier molecular flexibility index (Phi) is 7.76. The first kappa shape index (κ1) is 33.1. The maximum atomic E-state index is 10.1. The largest absolute Gasteiger partial charge is 0.291 e. The van der Waals surface area contributed by atoms with Crippen molar-refractivity contribution in [1.82, 2.24) is 24.3 Å². The number of fused-ring (bicyclic) bond motifs is 4. The number of nitrogens with zero attached hydrogens (tertiary/aromatic N) is 6. The van der Waals surface area contributed by atoms with Gasteiger partial charge in [-0.3, -0.25) is 4.40 Å². The minimum Gasteiger partial charge on any atom is -0.291 e. The summed E-state index contributed by atoms with van der Waals surface area (Å²) in [5.41, 5.74) is 15.0. The van der Waals surface area contributed by atoms with Crippen LogP contribution in [0.4, 0.5) is 0 Å². The molecule has 0 unspecified atom stereocenters. The van der Waals surface area contributed by atoms with Crippen LogP contribution in [0.15, 0.2) is 170 Å². The Bertz CT molecular complexity index is 2950. The molecule has 9 aromatic rings. The fraction of sp³-hybridized carbons (Fsp3) is 0.0600. The lowest BCUT2D eigenvalue weighted by atomic mass is 9.81. The lowest BCUT2D eigenvalue weighted by molar-refractivity contribution is 0.661. The van der Waals surface area contributed by atoms with Gasteiger partial charge in [-0.1, -0.05) is 141 Å². The van der Waals surface area contributed by atoms with Gasteiger partial charge in [-0.05, 0) is 80.9 Å². The van der Waals surface area contributed by atoms with Crippen LogP contribution in [-0.4, -0.2) is 24.3 Å². The van der Waals surface area contributed by atoms with Gasteiger partial charge in [-0.25, -0.2) is 19.9 Å². The summed E-state index contributed by atoms with van der Waals surface area (Å²) in [4.78, 5) is 19.6. The van der Waals surface area contributed by atoms with Crippen LogP contribution in [0.2, 0.25) is 0 Å². The molecule has 0 saturated carbocycles. The first-order valence-corrected chi connectivity index (χ1v) is 18.7. The zero-order valence-corrected chi connectivity index (χ0v) is 30.8. The van der Waals surface area contributed by atoms with Crippen molar-refractivity contribution in [3.8, 4) is 84.9 Å². The van der Waals surface area contributed by atoms with Crippen molar-refractivity contribution < 1.29 is 0 Å². The van der Waals surface area contributed by atoms with Gasteiger partial charge >= 0.3 is 0 Å². The van der Waals surface area contributed by atoms with Crippen LogP contribution in [0.3, 0.4) is 0 Å². The fourth-order valence-corrected chi connectivity index (χ4v) is 8.02. The van der Waals surface area contributed by atoms with Crippen LogP contribution in [0.1, 0.15) is 30.7 Å². The normalized spacial score (nSPS) is 12.6. The highest BCUT2D eigenvalue weighted by molar-refractivity contribution is 5.87. The minimum atomic E-state index is -0.254. The quantitative estimate of drug-likeness (QED) is 0.171. The predicted molar refractivity (Wildman–Crippen MR) is 223 cm³/mol. The molecule has 0 radical (unpaired) electrons. The Labute approximate surface area is 325 Å². The van der Waals surface area contributed by atoms with Crippen molar-refractivity contribution in [3.63, 3.8) is 0 Å². The Morgan fingerprint density at radius 2 is 0.911 bits per heavy atom. The predicted octanol–water partition coefficient (Wildman–Crippen LogP) is 11.7. The van der Waals surface area contributed by atoms with Crippen LogP contribution in [0.5, 0.6) is 0 Å². The second kappa shape index (κ2) is 13.1. The summed E-state index contributed by atoms with van der Waals surface area (Å²) in [6.07, 6.45) is 1.89. The highest BCUT2D eigenvalue weighted by atomic mass is 15.0. The van der Waals surface area contributed by atoms with Gasteiger partial charge in [0, 0.05) is 33.9 Å². The molecule has 6 aromatic carbocycles. The smallest absolute Gasteiger partial charge is 0.164 e. The van der Waals surface area contributed by atoms with E-state index in [2.05, 4.69) is 105 Å². The first-order valence-electron chi connectivity index (χ1n) is 18.7. The Hall–Kier alpha value is -7.49. The molecule has 0 fully saturated rings. The molecule has 10 rings (SSSR count). The molecule has 264 valence electrons. The van der Waals surface area contributed by atoms with Crippen LogP contribution >= 0.6 is 0 Å². The van der Waals surface area contributed by atoms with Gasteiger partial charge < -0.3 is 0 Å².